The lowest BCUT2D eigenvalue weighted by Crippen LogP contribution is -2.07. The number of methoxy groups -OCH3 is 1. The Kier molecular flexibility index (Phi) is 3.65. The second kappa shape index (κ2) is 5.77. The molecular formula is C16H14N4O2. The molecule has 110 valence electrons. The van der Waals surface area contributed by atoms with Gasteiger partial charge in [-0.3, -0.25) is 9.78 Å². The number of fused-ring (bicyclic) bond motifs is 1. The van der Waals surface area contributed by atoms with Gasteiger partial charge in [0.15, 0.2) is 5.75 Å². The highest BCUT2D eigenvalue weighted by Crippen LogP contribution is 2.36. The van der Waals surface area contributed by atoms with Crippen LogP contribution in [-0.4, -0.2) is 28.0 Å². The number of rotatable bonds is 3. The summed E-state index contributed by atoms with van der Waals surface area (Å²) < 4.78 is 5.44. The molecule has 0 aliphatic heterocycles. The summed E-state index contributed by atoms with van der Waals surface area (Å²) in [6, 6.07) is 5.61. The molecule has 0 aliphatic carbocycles. The number of hydrogen-bond acceptors (Lipinski definition) is 5. The van der Waals surface area contributed by atoms with Crippen molar-refractivity contribution >= 4 is 22.5 Å². The first-order chi connectivity index (χ1) is 10.7. The predicted octanol–water partition coefficient (Wildman–Crippen LogP) is 2.66. The molecule has 2 heterocycles. The minimum Gasteiger partial charge on any atom is -0.492 e. The van der Waals surface area contributed by atoms with Crippen molar-refractivity contribution in [2.75, 3.05) is 12.4 Å². The minimum atomic E-state index is -0.162. The highest BCUT2D eigenvalue weighted by molar-refractivity contribution is 6.02. The Balaban J connectivity index is 2.24. The molecule has 1 amide bonds. The maximum absolute atomic E-state index is 11.3. The third-order valence-electron chi connectivity index (χ3n) is 3.25. The van der Waals surface area contributed by atoms with E-state index in [0.29, 0.717) is 17.0 Å². The molecule has 6 nitrogen and oxygen atoms in total. The Morgan fingerprint density at radius 3 is 2.64 bits per heavy atom. The van der Waals surface area contributed by atoms with Crippen molar-refractivity contribution in [3.63, 3.8) is 0 Å². The number of anilines is 1. The van der Waals surface area contributed by atoms with Crippen molar-refractivity contribution in [1.29, 1.82) is 0 Å². The van der Waals surface area contributed by atoms with E-state index in [1.54, 1.807) is 31.8 Å². The number of nitrogens with one attached hydrogen (secondary N) is 1. The summed E-state index contributed by atoms with van der Waals surface area (Å²) in [6.07, 6.45) is 6.68. The smallest absolute Gasteiger partial charge is 0.221 e. The van der Waals surface area contributed by atoms with E-state index in [0.717, 1.165) is 16.5 Å². The minimum absolute atomic E-state index is 0.162. The molecule has 6 heteroatoms. The van der Waals surface area contributed by atoms with E-state index in [9.17, 15) is 4.79 Å². The van der Waals surface area contributed by atoms with Crippen LogP contribution in [0.3, 0.4) is 0 Å². The Morgan fingerprint density at radius 1 is 1.18 bits per heavy atom. The van der Waals surface area contributed by atoms with E-state index >= 15 is 0 Å². The largest absolute Gasteiger partial charge is 0.492 e. The molecule has 1 N–H and O–H groups in total. The van der Waals surface area contributed by atoms with Gasteiger partial charge in [0, 0.05) is 36.5 Å². The van der Waals surface area contributed by atoms with Crippen LogP contribution in [0.2, 0.25) is 0 Å². The summed E-state index contributed by atoms with van der Waals surface area (Å²) in [5.41, 5.74) is 3.12. The zero-order valence-corrected chi connectivity index (χ0v) is 12.2. The van der Waals surface area contributed by atoms with Gasteiger partial charge in [0.2, 0.25) is 5.91 Å². The Morgan fingerprint density at radius 2 is 1.95 bits per heavy atom. The fraction of sp³-hybridized carbons (Fsp3) is 0.125. The number of hydrogen-bond donors (Lipinski definition) is 1. The fourth-order valence-corrected chi connectivity index (χ4v) is 2.38. The molecule has 0 saturated heterocycles. The van der Waals surface area contributed by atoms with E-state index in [1.807, 2.05) is 12.1 Å². The maximum Gasteiger partial charge on any atom is 0.221 e. The van der Waals surface area contributed by atoms with Gasteiger partial charge in [-0.05, 0) is 23.8 Å². The quantitative estimate of drug-likeness (QED) is 0.803. The summed E-state index contributed by atoms with van der Waals surface area (Å²) in [5, 5.41) is 3.65. The first kappa shape index (κ1) is 13.9. The number of ether oxygens (including phenoxy) is 1. The first-order valence-electron chi connectivity index (χ1n) is 6.69. The van der Waals surface area contributed by atoms with Crippen molar-refractivity contribution in [1.82, 2.24) is 15.0 Å². The summed E-state index contributed by atoms with van der Waals surface area (Å²) in [5.74, 6) is 0.372. The molecule has 2 aromatic heterocycles. The average Bonchev–Trinajstić information content (AvgIpc) is 2.54. The molecule has 0 aliphatic rings. The van der Waals surface area contributed by atoms with Gasteiger partial charge in [0.25, 0.3) is 0 Å². The molecular weight excluding hydrogens is 280 g/mol. The van der Waals surface area contributed by atoms with Crippen LogP contribution in [0.15, 0.2) is 43.1 Å². The third-order valence-corrected chi connectivity index (χ3v) is 3.25. The highest BCUT2D eigenvalue weighted by atomic mass is 16.5. The average molecular weight is 294 g/mol. The predicted molar refractivity (Wildman–Crippen MR) is 83.6 cm³/mol. The van der Waals surface area contributed by atoms with Crippen molar-refractivity contribution in [3.8, 4) is 16.9 Å². The van der Waals surface area contributed by atoms with Gasteiger partial charge in [0.05, 0.1) is 12.8 Å². The number of aromatic nitrogens is 3. The molecule has 0 fully saturated rings. The van der Waals surface area contributed by atoms with E-state index in [2.05, 4.69) is 20.3 Å². The van der Waals surface area contributed by atoms with Gasteiger partial charge in [-0.1, -0.05) is 0 Å². The van der Waals surface area contributed by atoms with Crippen LogP contribution in [0.25, 0.3) is 22.0 Å². The SMILES string of the molecule is COc1c(NC(C)=O)ccc2c(-c3cncnc3)ccnc12. The molecule has 0 bridgehead atoms. The summed E-state index contributed by atoms with van der Waals surface area (Å²) in [7, 11) is 1.56. The lowest BCUT2D eigenvalue weighted by atomic mass is 10.0. The summed E-state index contributed by atoms with van der Waals surface area (Å²) in [6.45, 7) is 1.45. The van der Waals surface area contributed by atoms with Gasteiger partial charge in [0.1, 0.15) is 11.8 Å². The Hall–Kier alpha value is -3.02. The standard InChI is InChI=1S/C16H14N4O2/c1-10(21)20-14-4-3-13-12(11-7-17-9-18-8-11)5-6-19-15(13)16(14)22-2/h3-9H,1-2H3,(H,20,21). The van der Waals surface area contributed by atoms with E-state index in [-0.39, 0.29) is 5.91 Å². The van der Waals surface area contributed by atoms with Crippen LogP contribution < -0.4 is 10.1 Å². The summed E-state index contributed by atoms with van der Waals surface area (Å²) >= 11 is 0. The van der Waals surface area contributed by atoms with Gasteiger partial charge in [-0.25, -0.2) is 9.97 Å². The molecule has 0 radical (unpaired) electrons. The van der Waals surface area contributed by atoms with Gasteiger partial charge in [-0.2, -0.15) is 0 Å². The number of pyridine rings is 1. The molecule has 3 rings (SSSR count). The summed E-state index contributed by atoms with van der Waals surface area (Å²) in [4.78, 5) is 23.8. The molecule has 22 heavy (non-hydrogen) atoms. The van der Waals surface area contributed by atoms with Gasteiger partial charge < -0.3 is 10.1 Å². The monoisotopic (exact) mass is 294 g/mol. The lowest BCUT2D eigenvalue weighted by Gasteiger charge is -2.13. The topological polar surface area (TPSA) is 77.0 Å². The lowest BCUT2D eigenvalue weighted by molar-refractivity contribution is -0.114. The van der Waals surface area contributed by atoms with Gasteiger partial charge >= 0.3 is 0 Å². The van der Waals surface area contributed by atoms with Crippen molar-refractivity contribution < 1.29 is 9.53 Å². The van der Waals surface area contributed by atoms with Crippen LogP contribution in [0, 0.1) is 0 Å². The first-order valence-corrected chi connectivity index (χ1v) is 6.69. The zero-order chi connectivity index (χ0) is 15.5. The Labute approximate surface area is 127 Å². The van der Waals surface area contributed by atoms with E-state index in [1.165, 1.54) is 13.3 Å². The second-order valence-corrected chi connectivity index (χ2v) is 4.71. The van der Waals surface area contributed by atoms with Crippen molar-refractivity contribution in [3.05, 3.63) is 43.1 Å². The normalized spacial score (nSPS) is 10.5. The van der Waals surface area contributed by atoms with Crippen molar-refractivity contribution in [2.45, 2.75) is 6.92 Å². The van der Waals surface area contributed by atoms with Crippen molar-refractivity contribution in [2.24, 2.45) is 0 Å². The van der Waals surface area contributed by atoms with Crippen LogP contribution in [0.5, 0.6) is 5.75 Å². The van der Waals surface area contributed by atoms with Crippen LogP contribution in [0.1, 0.15) is 6.92 Å². The number of nitrogens with zero attached hydrogens (tertiary/aromatic N) is 3. The van der Waals surface area contributed by atoms with Crippen LogP contribution in [0.4, 0.5) is 5.69 Å². The van der Waals surface area contributed by atoms with Crippen LogP contribution in [-0.2, 0) is 4.79 Å². The molecule has 0 spiro atoms. The maximum atomic E-state index is 11.3. The molecule has 0 saturated carbocycles. The zero-order valence-electron chi connectivity index (χ0n) is 12.2. The molecule has 3 aromatic rings. The Bertz CT molecular complexity index is 834. The van der Waals surface area contributed by atoms with E-state index in [4.69, 9.17) is 4.74 Å². The van der Waals surface area contributed by atoms with Gasteiger partial charge in [-0.15, -0.1) is 0 Å². The number of amides is 1. The number of carbonyl (C=O) groups excluding carboxylic acids is 1. The highest BCUT2D eigenvalue weighted by Gasteiger charge is 2.13. The van der Waals surface area contributed by atoms with Crippen LogP contribution >= 0.6 is 0 Å². The molecule has 0 unspecified atom stereocenters. The second-order valence-electron chi connectivity index (χ2n) is 4.71. The number of benzene rings is 1. The number of carbonyl (C=O) groups is 1. The van der Waals surface area contributed by atoms with E-state index < -0.39 is 0 Å². The fourth-order valence-electron chi connectivity index (χ4n) is 2.38. The molecule has 0 atom stereocenters. The third kappa shape index (κ3) is 2.46. The molecule has 1 aromatic carbocycles.